The zero-order chi connectivity index (χ0) is 20.5. The van der Waals surface area contributed by atoms with E-state index < -0.39 is 5.97 Å². The molecule has 3 aromatic heterocycles. The van der Waals surface area contributed by atoms with Crippen molar-refractivity contribution in [2.45, 2.75) is 26.2 Å². The Balaban J connectivity index is 0.00000256. The zero-order valence-corrected chi connectivity index (χ0v) is 17.1. The number of rotatable bonds is 7. The number of carboxylic acids is 1. The first-order valence-electron chi connectivity index (χ1n) is 9.33. The summed E-state index contributed by atoms with van der Waals surface area (Å²) in [5.41, 5.74) is 2.33. The molecular formula is C20H20LiN5O4. The van der Waals surface area contributed by atoms with Crippen LogP contribution in [-0.2, 0) is 11.2 Å². The number of carbonyl (C=O) groups excluding carboxylic acids is 2. The largest absolute Gasteiger partial charge is 1.00 e. The molecule has 9 nitrogen and oxygen atoms in total. The Kier molecular flexibility index (Phi) is 6.34. The molecule has 30 heavy (non-hydrogen) atoms. The molecule has 1 saturated carbocycles. The van der Waals surface area contributed by atoms with Gasteiger partial charge in [0.05, 0.1) is 36.5 Å². The van der Waals surface area contributed by atoms with Crippen LogP contribution in [0.2, 0.25) is 0 Å². The number of pyridine rings is 2. The quantitative estimate of drug-likeness (QED) is 0.475. The van der Waals surface area contributed by atoms with Crippen molar-refractivity contribution in [3.8, 4) is 5.75 Å². The monoisotopic (exact) mass is 401 g/mol. The summed E-state index contributed by atoms with van der Waals surface area (Å²) in [6, 6.07) is 3.24. The number of aromatic carboxylic acids is 1. The molecule has 0 radical (unpaired) electrons. The van der Waals surface area contributed by atoms with Crippen LogP contribution in [0.4, 0.5) is 17.2 Å². The van der Waals surface area contributed by atoms with E-state index in [1.165, 1.54) is 12.3 Å². The zero-order valence-electron chi connectivity index (χ0n) is 17.1. The van der Waals surface area contributed by atoms with Gasteiger partial charge in [-0.1, -0.05) is 6.92 Å². The topological polar surface area (TPSA) is 121 Å². The number of ether oxygens (including phenoxy) is 1. The average molecular weight is 401 g/mol. The van der Waals surface area contributed by atoms with Gasteiger partial charge in [0.15, 0.2) is 5.75 Å². The van der Waals surface area contributed by atoms with E-state index >= 15 is 0 Å². The summed E-state index contributed by atoms with van der Waals surface area (Å²) in [7, 11) is 1.54. The number of carbonyl (C=O) groups is 2. The fraction of sp³-hybridized carbons (Fsp3) is 0.300. The number of carboxylic acid groups (broad SMARTS) is 1. The number of hydrogen-bond donors (Lipinski definition) is 2. The molecule has 0 saturated heterocycles. The number of aromatic nitrogens is 3. The van der Waals surface area contributed by atoms with Gasteiger partial charge in [0, 0.05) is 29.9 Å². The van der Waals surface area contributed by atoms with Gasteiger partial charge in [-0.3, -0.25) is 4.79 Å². The summed E-state index contributed by atoms with van der Waals surface area (Å²) in [5, 5.41) is 17.4. The second-order valence-electron chi connectivity index (χ2n) is 6.85. The minimum atomic E-state index is -1.38. The number of fused-ring (bicyclic) bond motifs is 1. The van der Waals surface area contributed by atoms with Crippen LogP contribution in [0.1, 0.15) is 35.8 Å². The van der Waals surface area contributed by atoms with Gasteiger partial charge in [-0.25, -0.2) is 9.97 Å². The van der Waals surface area contributed by atoms with Crippen LogP contribution >= 0.6 is 0 Å². The average Bonchev–Trinajstić information content (AvgIpc) is 3.48. The van der Waals surface area contributed by atoms with E-state index in [-0.39, 0.29) is 47.8 Å². The summed E-state index contributed by atoms with van der Waals surface area (Å²) in [5.74, 6) is -0.681. The molecule has 0 bridgehead atoms. The number of aryl methyl sites for hydroxylation is 1. The maximum atomic E-state index is 12.0. The fourth-order valence-electron chi connectivity index (χ4n) is 3.19. The van der Waals surface area contributed by atoms with E-state index in [2.05, 4.69) is 20.6 Å². The number of imidazole rings is 1. The molecule has 3 aromatic rings. The van der Waals surface area contributed by atoms with Crippen molar-refractivity contribution in [3.63, 3.8) is 0 Å². The van der Waals surface area contributed by atoms with Crippen LogP contribution in [0.5, 0.6) is 5.75 Å². The number of amides is 1. The van der Waals surface area contributed by atoms with Crippen molar-refractivity contribution in [2.24, 2.45) is 5.92 Å². The van der Waals surface area contributed by atoms with E-state index in [4.69, 9.17) is 4.74 Å². The molecule has 0 spiro atoms. The molecule has 0 unspecified atom stereocenters. The van der Waals surface area contributed by atoms with E-state index in [0.717, 1.165) is 24.1 Å². The van der Waals surface area contributed by atoms with Gasteiger partial charge in [-0.2, -0.15) is 0 Å². The summed E-state index contributed by atoms with van der Waals surface area (Å²) in [6.07, 6.45) is 7.11. The molecule has 3 heterocycles. The van der Waals surface area contributed by atoms with Gasteiger partial charge < -0.3 is 29.7 Å². The number of nitrogens with zero attached hydrogens (tertiary/aromatic N) is 3. The van der Waals surface area contributed by atoms with Crippen LogP contribution < -0.4 is 39.3 Å². The Hall–Kier alpha value is -3.02. The number of anilines is 3. The summed E-state index contributed by atoms with van der Waals surface area (Å²) < 4.78 is 7.44. The smallest absolute Gasteiger partial charge is 0.545 e. The summed E-state index contributed by atoms with van der Waals surface area (Å²) in [4.78, 5) is 32.0. The van der Waals surface area contributed by atoms with Crippen molar-refractivity contribution in [2.75, 3.05) is 17.7 Å². The fourth-order valence-corrected chi connectivity index (χ4v) is 3.19. The van der Waals surface area contributed by atoms with E-state index in [9.17, 15) is 14.7 Å². The normalized spacial score (nSPS) is 12.9. The second kappa shape index (κ2) is 8.77. The first kappa shape index (κ1) is 21.7. The number of nitrogens with one attached hydrogen (secondary N) is 2. The molecule has 10 heteroatoms. The van der Waals surface area contributed by atoms with Crippen molar-refractivity contribution in [3.05, 3.63) is 42.1 Å². The van der Waals surface area contributed by atoms with Crippen molar-refractivity contribution < 1.29 is 38.3 Å². The predicted molar refractivity (Wildman–Crippen MR) is 104 cm³/mol. The predicted octanol–water partition coefficient (Wildman–Crippen LogP) is -1.24. The number of hydrogen-bond acceptors (Lipinski definition) is 7. The van der Waals surface area contributed by atoms with Gasteiger partial charge in [0.1, 0.15) is 11.3 Å². The van der Waals surface area contributed by atoms with Crippen LogP contribution in [-0.4, -0.2) is 33.4 Å². The Morgan fingerprint density at radius 1 is 1.30 bits per heavy atom. The third-order valence-corrected chi connectivity index (χ3v) is 4.86. The Morgan fingerprint density at radius 3 is 2.70 bits per heavy atom. The Labute approximate surface area is 185 Å². The molecule has 4 rings (SSSR count). The van der Waals surface area contributed by atoms with Crippen LogP contribution in [0.3, 0.4) is 0 Å². The Bertz CT molecular complexity index is 1110. The maximum Gasteiger partial charge on any atom is 1.00 e. The van der Waals surface area contributed by atoms with E-state index in [0.29, 0.717) is 17.9 Å². The molecular weight excluding hydrogens is 381 g/mol. The van der Waals surface area contributed by atoms with Crippen LogP contribution in [0.25, 0.3) is 5.52 Å². The number of methoxy groups -OCH3 is 1. The first-order valence-corrected chi connectivity index (χ1v) is 9.33. The molecule has 1 amide bonds. The van der Waals surface area contributed by atoms with Crippen LogP contribution in [0.15, 0.2) is 30.9 Å². The van der Waals surface area contributed by atoms with Crippen molar-refractivity contribution in [1.82, 2.24) is 14.4 Å². The van der Waals surface area contributed by atoms with Gasteiger partial charge >= 0.3 is 18.9 Å². The second-order valence-corrected chi connectivity index (χ2v) is 6.85. The van der Waals surface area contributed by atoms with E-state index in [1.54, 1.807) is 19.5 Å². The SMILES string of the molecule is CCc1ncn2ccc(Nc3cc(NC(=O)C4CC4)ncc3C(=O)[O-])c(OC)c12.[Li+]. The minimum absolute atomic E-state index is 0. The molecule has 150 valence electrons. The standard InChI is InChI=1S/C20H21N5O4.Li/c1-3-13-17-18(29-2)14(6-7-25(17)10-22-13)23-15-8-16(21-9-12(15)20(27)28)24-19(26)11-4-5-11;/h6-11H,3-5H2,1-2H3,(H,27,28)(H2,21,23,24,26);/q;+1/p-1. The minimum Gasteiger partial charge on any atom is -0.545 e. The molecule has 0 aliphatic heterocycles. The Morgan fingerprint density at radius 2 is 2.07 bits per heavy atom. The van der Waals surface area contributed by atoms with Gasteiger partial charge in [0.25, 0.3) is 0 Å². The third-order valence-electron chi connectivity index (χ3n) is 4.86. The summed E-state index contributed by atoms with van der Waals surface area (Å²) >= 11 is 0. The van der Waals surface area contributed by atoms with Gasteiger partial charge in [-0.05, 0) is 25.3 Å². The van der Waals surface area contributed by atoms with Crippen molar-refractivity contribution in [1.29, 1.82) is 0 Å². The molecule has 0 atom stereocenters. The molecule has 1 aliphatic carbocycles. The molecule has 1 aliphatic rings. The molecule has 1 fully saturated rings. The first-order chi connectivity index (χ1) is 14.0. The van der Waals surface area contributed by atoms with Gasteiger partial charge in [0.2, 0.25) is 5.91 Å². The molecule has 0 aromatic carbocycles. The van der Waals surface area contributed by atoms with Crippen LogP contribution in [0, 0.1) is 5.92 Å². The van der Waals surface area contributed by atoms with E-state index in [1.807, 2.05) is 17.5 Å². The third kappa shape index (κ3) is 4.13. The van der Waals surface area contributed by atoms with Gasteiger partial charge in [-0.15, -0.1) is 0 Å². The maximum absolute atomic E-state index is 12.0. The summed E-state index contributed by atoms with van der Waals surface area (Å²) in [6.45, 7) is 1.99. The molecule has 2 N–H and O–H groups in total. The van der Waals surface area contributed by atoms with Crippen molar-refractivity contribution >= 4 is 34.6 Å².